The Morgan fingerprint density at radius 1 is 1.31 bits per heavy atom. The molecule has 1 atom stereocenters. The molecule has 0 saturated heterocycles. The maximum atomic E-state index is 13.5. The molecular weight excluding hydrogens is 403 g/mol. The molecule has 1 amide bonds. The molecule has 0 aliphatic carbocycles. The number of amides is 1. The van der Waals surface area contributed by atoms with E-state index in [4.69, 9.17) is 0 Å². The lowest BCUT2D eigenvalue weighted by molar-refractivity contribution is -0.137. The molecule has 0 spiro atoms. The third-order valence-corrected chi connectivity index (χ3v) is 5.50. The number of imidazole rings is 1. The first-order chi connectivity index (χ1) is 13.7. The van der Waals surface area contributed by atoms with Crippen LogP contribution in [-0.2, 0) is 11.0 Å². The summed E-state index contributed by atoms with van der Waals surface area (Å²) in [5.41, 5.74) is 0.323. The van der Waals surface area contributed by atoms with Crippen LogP contribution in [0.1, 0.15) is 18.1 Å². The number of nitrogens with zero attached hydrogens (tertiary/aromatic N) is 4. The first-order valence-electron chi connectivity index (χ1n) is 8.78. The van der Waals surface area contributed by atoms with E-state index in [-0.39, 0.29) is 28.2 Å². The van der Waals surface area contributed by atoms with Gasteiger partial charge in [0.15, 0.2) is 16.5 Å². The number of halogens is 3. The number of thioether (sulfide) groups is 1. The molecule has 6 nitrogen and oxygen atoms in total. The highest BCUT2D eigenvalue weighted by Gasteiger charge is 2.34. The van der Waals surface area contributed by atoms with Crippen LogP contribution >= 0.6 is 11.8 Å². The molecule has 29 heavy (non-hydrogen) atoms. The van der Waals surface area contributed by atoms with Crippen LogP contribution in [0.3, 0.4) is 0 Å². The van der Waals surface area contributed by atoms with Crippen LogP contribution in [0, 0.1) is 6.92 Å². The van der Waals surface area contributed by atoms with Crippen molar-refractivity contribution in [2.45, 2.75) is 25.3 Å². The monoisotopic (exact) mass is 419 g/mol. The van der Waals surface area contributed by atoms with Gasteiger partial charge in [0.25, 0.3) is 5.91 Å². The van der Waals surface area contributed by atoms with E-state index in [1.165, 1.54) is 40.7 Å². The Hall–Kier alpha value is -2.88. The van der Waals surface area contributed by atoms with Crippen molar-refractivity contribution in [2.75, 3.05) is 11.9 Å². The second-order valence-corrected chi connectivity index (χ2v) is 8.09. The van der Waals surface area contributed by atoms with E-state index >= 15 is 0 Å². The molecule has 1 N–H and O–H groups in total. The van der Waals surface area contributed by atoms with Gasteiger partial charge in [0.05, 0.1) is 24.0 Å². The molecule has 1 aliphatic heterocycles. The number of hydrogen-bond acceptors (Lipinski definition) is 5. The highest BCUT2D eigenvalue weighted by atomic mass is 32.2. The van der Waals surface area contributed by atoms with Crippen LogP contribution in [0.2, 0.25) is 0 Å². The maximum absolute atomic E-state index is 13.5. The Balaban J connectivity index is 1.76. The number of nitrogens with one attached hydrogen (secondary N) is 1. The van der Waals surface area contributed by atoms with Crippen LogP contribution in [0.5, 0.6) is 0 Å². The van der Waals surface area contributed by atoms with Crippen molar-refractivity contribution in [3.63, 3.8) is 0 Å². The smallest absolute Gasteiger partial charge is 0.303 e. The molecule has 1 aromatic carbocycles. The van der Waals surface area contributed by atoms with Gasteiger partial charge in [-0.25, -0.2) is 4.98 Å². The van der Waals surface area contributed by atoms with E-state index in [2.05, 4.69) is 20.4 Å². The third kappa shape index (κ3) is 3.71. The second kappa shape index (κ2) is 7.18. The van der Waals surface area contributed by atoms with Crippen molar-refractivity contribution in [3.8, 4) is 11.3 Å². The molecule has 0 unspecified atom stereocenters. The second-order valence-electron chi connectivity index (χ2n) is 6.66. The van der Waals surface area contributed by atoms with Gasteiger partial charge in [-0.2, -0.15) is 22.8 Å². The lowest BCUT2D eigenvalue weighted by Gasteiger charge is -2.14. The van der Waals surface area contributed by atoms with Gasteiger partial charge in [0, 0.05) is 10.8 Å². The molecule has 3 aromatic rings. The summed E-state index contributed by atoms with van der Waals surface area (Å²) < 4.78 is 41.7. The van der Waals surface area contributed by atoms with Crippen molar-refractivity contribution in [1.29, 1.82) is 0 Å². The van der Waals surface area contributed by atoms with Crippen molar-refractivity contribution >= 4 is 34.2 Å². The number of carbonyl (C=O) groups is 1. The highest BCUT2D eigenvalue weighted by Crippen LogP contribution is 2.37. The molecule has 1 aliphatic rings. The normalized spacial score (nSPS) is 16.9. The van der Waals surface area contributed by atoms with Gasteiger partial charge >= 0.3 is 6.18 Å². The topological polar surface area (TPSA) is 71.7 Å². The van der Waals surface area contributed by atoms with Crippen molar-refractivity contribution in [2.24, 2.45) is 4.99 Å². The summed E-state index contributed by atoms with van der Waals surface area (Å²) in [4.78, 5) is 20.8. The summed E-state index contributed by atoms with van der Waals surface area (Å²) in [6, 6.07) is 6.90. The number of hydrogen-bond donors (Lipinski definition) is 1. The minimum Gasteiger partial charge on any atom is -0.303 e. The van der Waals surface area contributed by atoms with E-state index in [9.17, 15) is 18.0 Å². The molecule has 150 valence electrons. The first kappa shape index (κ1) is 19.4. The molecule has 0 radical (unpaired) electrons. The molecule has 4 rings (SSSR count). The maximum Gasteiger partial charge on any atom is 0.417 e. The van der Waals surface area contributed by atoms with E-state index in [1.54, 1.807) is 13.0 Å². The number of carbonyl (C=O) groups excluding carboxylic acids is 1. The highest BCUT2D eigenvalue weighted by molar-refractivity contribution is 8.16. The van der Waals surface area contributed by atoms with Gasteiger partial charge in [0.1, 0.15) is 0 Å². The molecule has 2 aromatic heterocycles. The Labute approximate surface area is 168 Å². The molecule has 10 heteroatoms. The fraction of sp³-hybridized carbons (Fsp3) is 0.263. The summed E-state index contributed by atoms with van der Waals surface area (Å²) in [6.07, 6.45) is -3.09. The van der Waals surface area contributed by atoms with Crippen LogP contribution in [0.25, 0.3) is 16.9 Å². The number of alkyl halides is 3. The van der Waals surface area contributed by atoms with Gasteiger partial charge in [-0.3, -0.25) is 9.79 Å². The molecule has 0 saturated carbocycles. The Bertz CT molecular complexity index is 1140. The first-order valence-corrected chi connectivity index (χ1v) is 9.66. The number of anilines is 1. The van der Waals surface area contributed by atoms with Gasteiger partial charge in [0.2, 0.25) is 0 Å². The van der Waals surface area contributed by atoms with Crippen molar-refractivity contribution in [3.05, 3.63) is 47.7 Å². The van der Waals surface area contributed by atoms with E-state index in [0.29, 0.717) is 22.8 Å². The van der Waals surface area contributed by atoms with Crippen LogP contribution in [0.4, 0.5) is 19.0 Å². The zero-order valence-corrected chi connectivity index (χ0v) is 16.3. The van der Waals surface area contributed by atoms with Gasteiger partial charge < -0.3 is 5.32 Å². The standard InChI is InChI=1S/C19H16F3N5OS/c1-10-7-14-23-9-15(25-17(28)18-24-8-11(2)29-18)27(14)26-16(10)12-5-3-4-6-13(12)19(20,21)22/h3-7,9,11H,8H2,1-2H3,(H,25,28)/t11-/m0/s1. The summed E-state index contributed by atoms with van der Waals surface area (Å²) >= 11 is 1.37. The van der Waals surface area contributed by atoms with Gasteiger partial charge in [-0.15, -0.1) is 0 Å². The molecule has 0 bridgehead atoms. The molecule has 0 fully saturated rings. The summed E-state index contributed by atoms with van der Waals surface area (Å²) in [5.74, 6) is -0.126. The number of aromatic nitrogens is 3. The number of benzene rings is 1. The number of aryl methyl sites for hydroxylation is 1. The molecule has 3 heterocycles. The van der Waals surface area contributed by atoms with Gasteiger partial charge in [-0.1, -0.05) is 36.9 Å². The lowest BCUT2D eigenvalue weighted by atomic mass is 10.0. The lowest BCUT2D eigenvalue weighted by Crippen LogP contribution is -2.20. The number of aliphatic imine (C=N–C) groups is 1. The Kier molecular flexibility index (Phi) is 4.81. The Morgan fingerprint density at radius 2 is 2.07 bits per heavy atom. The average Bonchev–Trinajstić information content (AvgIpc) is 3.26. The zero-order chi connectivity index (χ0) is 20.8. The largest absolute Gasteiger partial charge is 0.417 e. The SMILES string of the molecule is Cc1cc2ncc(NC(=O)C3=NC[C@H](C)S3)n2nc1-c1ccccc1C(F)(F)F. The van der Waals surface area contributed by atoms with Crippen molar-refractivity contribution in [1.82, 2.24) is 14.6 Å². The quantitative estimate of drug-likeness (QED) is 0.691. The number of rotatable bonds is 3. The minimum atomic E-state index is -4.51. The van der Waals surface area contributed by atoms with Crippen LogP contribution in [0.15, 0.2) is 41.5 Å². The van der Waals surface area contributed by atoms with E-state index < -0.39 is 11.7 Å². The molecular formula is C19H16F3N5OS. The summed E-state index contributed by atoms with van der Waals surface area (Å²) in [5, 5.41) is 7.65. The third-order valence-electron chi connectivity index (χ3n) is 4.41. The predicted molar refractivity (Wildman–Crippen MR) is 106 cm³/mol. The fourth-order valence-electron chi connectivity index (χ4n) is 3.06. The number of fused-ring (bicyclic) bond motifs is 1. The predicted octanol–water partition coefficient (Wildman–Crippen LogP) is 4.20. The van der Waals surface area contributed by atoms with Crippen LogP contribution in [-0.4, -0.2) is 37.3 Å². The summed E-state index contributed by atoms with van der Waals surface area (Å²) in [7, 11) is 0. The summed E-state index contributed by atoms with van der Waals surface area (Å²) in [6.45, 7) is 4.21. The van der Waals surface area contributed by atoms with Crippen molar-refractivity contribution < 1.29 is 18.0 Å². The Morgan fingerprint density at radius 3 is 2.76 bits per heavy atom. The fourth-order valence-corrected chi connectivity index (χ4v) is 3.90. The van der Waals surface area contributed by atoms with Crippen LogP contribution < -0.4 is 5.32 Å². The van der Waals surface area contributed by atoms with Gasteiger partial charge in [-0.05, 0) is 24.6 Å². The average molecular weight is 419 g/mol. The van der Waals surface area contributed by atoms with E-state index in [0.717, 1.165) is 6.07 Å². The minimum absolute atomic E-state index is 0.0325. The van der Waals surface area contributed by atoms with E-state index in [1.807, 2.05) is 6.92 Å². The zero-order valence-electron chi connectivity index (χ0n) is 15.5.